The molecule has 0 amide bonds. The molecule has 1 N–H and O–H groups in total. The van der Waals surface area contributed by atoms with E-state index in [0.717, 1.165) is 39.2 Å². The number of hydrogen-bond acceptors (Lipinski definition) is 3. The second kappa shape index (κ2) is 8.04. The number of hydrogen-bond donors (Lipinski definition) is 1. The molecule has 0 spiro atoms. The van der Waals surface area contributed by atoms with E-state index in [2.05, 4.69) is 31.0 Å². The summed E-state index contributed by atoms with van der Waals surface area (Å²) in [5, 5.41) is 3.53. The average molecular weight is 228 g/mol. The van der Waals surface area contributed by atoms with E-state index in [1.54, 1.807) is 0 Å². The van der Waals surface area contributed by atoms with E-state index in [-0.39, 0.29) is 0 Å². The minimum atomic E-state index is 0.451. The van der Waals surface area contributed by atoms with Crippen molar-refractivity contribution in [1.29, 1.82) is 0 Å². The second-order valence-electron chi connectivity index (χ2n) is 4.80. The maximum Gasteiger partial charge on any atom is 0.0700 e. The third kappa shape index (κ3) is 4.81. The minimum absolute atomic E-state index is 0.451. The highest BCUT2D eigenvalue weighted by atomic mass is 16.5. The van der Waals surface area contributed by atoms with E-state index in [1.807, 2.05) is 0 Å². The first-order valence-corrected chi connectivity index (χ1v) is 6.84. The maximum atomic E-state index is 5.69. The zero-order valence-electron chi connectivity index (χ0n) is 11.2. The fraction of sp³-hybridized carbons (Fsp3) is 1.00. The quantitative estimate of drug-likeness (QED) is 0.673. The van der Waals surface area contributed by atoms with Crippen molar-refractivity contribution in [3.05, 3.63) is 0 Å². The van der Waals surface area contributed by atoms with Gasteiger partial charge in [0.05, 0.1) is 12.7 Å². The van der Waals surface area contributed by atoms with Gasteiger partial charge in [-0.15, -0.1) is 0 Å². The lowest BCUT2D eigenvalue weighted by Gasteiger charge is -2.36. The number of ether oxygens (including phenoxy) is 1. The Hall–Kier alpha value is -0.120. The fourth-order valence-electron chi connectivity index (χ4n) is 2.13. The lowest BCUT2D eigenvalue weighted by Crippen LogP contribution is -2.49. The van der Waals surface area contributed by atoms with Gasteiger partial charge in [-0.25, -0.2) is 0 Å². The molecule has 0 aliphatic carbocycles. The average Bonchev–Trinajstić information content (AvgIpc) is 2.34. The van der Waals surface area contributed by atoms with Gasteiger partial charge in [0.2, 0.25) is 0 Å². The SMILES string of the molecule is CCCCNCC(C)N1CCOC(CC)C1. The van der Waals surface area contributed by atoms with Gasteiger partial charge in [0.1, 0.15) is 0 Å². The Kier molecular flexibility index (Phi) is 7.01. The van der Waals surface area contributed by atoms with Crippen molar-refractivity contribution >= 4 is 0 Å². The standard InChI is InChI=1S/C13H28N2O/c1-4-6-7-14-10-12(3)15-8-9-16-13(5-2)11-15/h12-14H,4-11H2,1-3H3. The normalized spacial score (nSPS) is 24.6. The van der Waals surface area contributed by atoms with Crippen LogP contribution < -0.4 is 5.32 Å². The molecular weight excluding hydrogens is 200 g/mol. The first kappa shape index (κ1) is 13.9. The Morgan fingerprint density at radius 3 is 2.94 bits per heavy atom. The summed E-state index contributed by atoms with van der Waals surface area (Å²) in [5.41, 5.74) is 0. The molecule has 16 heavy (non-hydrogen) atoms. The molecule has 1 aliphatic rings. The predicted octanol–water partition coefficient (Wildman–Crippen LogP) is 1.88. The molecule has 0 bridgehead atoms. The largest absolute Gasteiger partial charge is 0.376 e. The smallest absolute Gasteiger partial charge is 0.0700 e. The summed E-state index contributed by atoms with van der Waals surface area (Å²) in [6.45, 7) is 12.1. The summed E-state index contributed by atoms with van der Waals surface area (Å²) in [6.07, 6.45) is 4.14. The van der Waals surface area contributed by atoms with Crippen molar-refractivity contribution in [3.63, 3.8) is 0 Å². The summed E-state index contributed by atoms with van der Waals surface area (Å²) in [7, 11) is 0. The Balaban J connectivity index is 2.16. The van der Waals surface area contributed by atoms with Crippen molar-refractivity contribution in [1.82, 2.24) is 10.2 Å². The molecule has 1 fully saturated rings. The molecule has 3 heteroatoms. The third-order valence-corrected chi connectivity index (χ3v) is 3.40. The van der Waals surface area contributed by atoms with Crippen LogP contribution in [0.15, 0.2) is 0 Å². The highest BCUT2D eigenvalue weighted by Gasteiger charge is 2.22. The molecule has 0 radical (unpaired) electrons. The Morgan fingerprint density at radius 2 is 2.25 bits per heavy atom. The summed E-state index contributed by atoms with van der Waals surface area (Å²) in [4.78, 5) is 2.55. The summed E-state index contributed by atoms with van der Waals surface area (Å²) in [6, 6.07) is 0.634. The van der Waals surface area contributed by atoms with Gasteiger partial charge in [-0.2, -0.15) is 0 Å². The van der Waals surface area contributed by atoms with Crippen LogP contribution in [0.3, 0.4) is 0 Å². The summed E-state index contributed by atoms with van der Waals surface area (Å²) < 4.78 is 5.69. The van der Waals surface area contributed by atoms with Crippen LogP contribution >= 0.6 is 0 Å². The van der Waals surface area contributed by atoms with E-state index in [4.69, 9.17) is 4.74 Å². The Labute approximate surface area is 101 Å². The molecular formula is C13H28N2O. The van der Waals surface area contributed by atoms with Gasteiger partial charge in [-0.05, 0) is 26.3 Å². The highest BCUT2D eigenvalue weighted by molar-refractivity contribution is 4.76. The number of rotatable bonds is 7. The van der Waals surface area contributed by atoms with Gasteiger partial charge in [0, 0.05) is 25.7 Å². The lowest BCUT2D eigenvalue weighted by molar-refractivity contribution is -0.0416. The van der Waals surface area contributed by atoms with Gasteiger partial charge < -0.3 is 10.1 Å². The first-order valence-electron chi connectivity index (χ1n) is 6.84. The molecule has 3 nitrogen and oxygen atoms in total. The molecule has 1 aliphatic heterocycles. The van der Waals surface area contributed by atoms with Crippen LogP contribution in [0.25, 0.3) is 0 Å². The lowest BCUT2D eigenvalue weighted by atomic mass is 10.2. The monoisotopic (exact) mass is 228 g/mol. The number of morpholine rings is 1. The second-order valence-corrected chi connectivity index (χ2v) is 4.80. The van der Waals surface area contributed by atoms with Crippen molar-refractivity contribution in [2.75, 3.05) is 32.8 Å². The van der Waals surface area contributed by atoms with E-state index in [0.29, 0.717) is 12.1 Å². The van der Waals surface area contributed by atoms with E-state index < -0.39 is 0 Å². The molecule has 0 saturated carbocycles. The van der Waals surface area contributed by atoms with Gasteiger partial charge in [-0.3, -0.25) is 4.90 Å². The van der Waals surface area contributed by atoms with E-state index in [9.17, 15) is 0 Å². The van der Waals surface area contributed by atoms with Crippen molar-refractivity contribution in [2.24, 2.45) is 0 Å². The Morgan fingerprint density at radius 1 is 1.44 bits per heavy atom. The molecule has 1 rings (SSSR count). The van der Waals surface area contributed by atoms with E-state index in [1.165, 1.54) is 12.8 Å². The molecule has 1 saturated heterocycles. The molecule has 2 unspecified atom stereocenters. The molecule has 0 aromatic heterocycles. The van der Waals surface area contributed by atoms with Crippen LogP contribution in [-0.4, -0.2) is 49.8 Å². The number of unbranched alkanes of at least 4 members (excludes halogenated alkanes) is 1. The van der Waals surface area contributed by atoms with Crippen LogP contribution in [0.1, 0.15) is 40.0 Å². The van der Waals surface area contributed by atoms with E-state index >= 15 is 0 Å². The van der Waals surface area contributed by atoms with Crippen LogP contribution in [0.2, 0.25) is 0 Å². The van der Waals surface area contributed by atoms with Crippen molar-refractivity contribution < 1.29 is 4.74 Å². The van der Waals surface area contributed by atoms with Crippen LogP contribution in [0, 0.1) is 0 Å². The number of nitrogens with zero attached hydrogens (tertiary/aromatic N) is 1. The van der Waals surface area contributed by atoms with Gasteiger partial charge in [0.25, 0.3) is 0 Å². The topological polar surface area (TPSA) is 24.5 Å². The van der Waals surface area contributed by atoms with Crippen LogP contribution in [0.4, 0.5) is 0 Å². The zero-order chi connectivity index (χ0) is 11.8. The molecule has 96 valence electrons. The number of nitrogens with one attached hydrogen (secondary N) is 1. The summed E-state index contributed by atoms with van der Waals surface area (Å²) in [5.74, 6) is 0. The molecule has 2 atom stereocenters. The van der Waals surface area contributed by atoms with Crippen molar-refractivity contribution in [2.45, 2.75) is 52.2 Å². The Bertz CT molecular complexity index is 175. The maximum absolute atomic E-state index is 5.69. The van der Waals surface area contributed by atoms with Crippen LogP contribution in [-0.2, 0) is 4.74 Å². The van der Waals surface area contributed by atoms with Crippen LogP contribution in [0.5, 0.6) is 0 Å². The third-order valence-electron chi connectivity index (χ3n) is 3.40. The van der Waals surface area contributed by atoms with Gasteiger partial charge in [0.15, 0.2) is 0 Å². The molecule has 0 aromatic carbocycles. The predicted molar refractivity (Wildman–Crippen MR) is 68.8 cm³/mol. The van der Waals surface area contributed by atoms with Gasteiger partial charge >= 0.3 is 0 Å². The summed E-state index contributed by atoms with van der Waals surface area (Å²) >= 11 is 0. The molecule has 0 aromatic rings. The fourth-order valence-corrected chi connectivity index (χ4v) is 2.13. The van der Waals surface area contributed by atoms with Crippen molar-refractivity contribution in [3.8, 4) is 0 Å². The molecule has 1 heterocycles. The zero-order valence-corrected chi connectivity index (χ0v) is 11.2. The highest BCUT2D eigenvalue weighted by Crippen LogP contribution is 2.10. The minimum Gasteiger partial charge on any atom is -0.376 e. The van der Waals surface area contributed by atoms with Gasteiger partial charge in [-0.1, -0.05) is 20.3 Å². The first-order chi connectivity index (χ1) is 7.77.